The normalized spacial score (nSPS) is 21.6. The first-order chi connectivity index (χ1) is 9.73. The predicted molar refractivity (Wildman–Crippen MR) is 83.8 cm³/mol. The maximum atomic E-state index is 5.34. The lowest BCUT2D eigenvalue weighted by molar-refractivity contribution is 0.139. The number of nitrogens with zero attached hydrogens (tertiary/aromatic N) is 1. The molecule has 1 aromatic carbocycles. The average Bonchev–Trinajstić information content (AvgIpc) is 2.48. The molecule has 0 aromatic heterocycles. The average molecular weight is 271 g/mol. The molecule has 0 bridgehead atoms. The fraction of sp³-hybridized carbons (Fsp3) is 0.556. The number of ether oxygens (including phenoxy) is 1. The van der Waals surface area contributed by atoms with Crippen LogP contribution in [-0.2, 0) is 11.2 Å². The number of benzene rings is 1. The Hall–Kier alpha value is -1.12. The Morgan fingerprint density at radius 2 is 1.95 bits per heavy atom. The summed E-state index contributed by atoms with van der Waals surface area (Å²) in [6, 6.07) is 8.88. The molecule has 0 amide bonds. The topological polar surface area (TPSA) is 12.5 Å². The van der Waals surface area contributed by atoms with Crippen molar-refractivity contribution in [2.24, 2.45) is 5.41 Å². The maximum absolute atomic E-state index is 5.34. The summed E-state index contributed by atoms with van der Waals surface area (Å²) in [4.78, 5) is 2.46. The lowest BCUT2D eigenvalue weighted by atomic mass is 9.64. The molecule has 0 radical (unpaired) electrons. The first-order valence-corrected chi connectivity index (χ1v) is 7.70. The first-order valence-electron chi connectivity index (χ1n) is 7.70. The molecule has 1 aromatic rings. The standard InChI is InChI=1S/C18H25NO/c1-19-10-8-18(9-11-19)14-16-6-4-3-5-15(16)13-17(18)7-12-20-2/h3-6,13H,7-12,14H2,1-2H3. The van der Waals surface area contributed by atoms with E-state index in [0.717, 1.165) is 13.0 Å². The Morgan fingerprint density at radius 1 is 1.20 bits per heavy atom. The molecule has 1 fully saturated rings. The summed E-state index contributed by atoms with van der Waals surface area (Å²) in [5.41, 5.74) is 4.95. The summed E-state index contributed by atoms with van der Waals surface area (Å²) in [6.07, 6.45) is 7.31. The molecule has 1 aliphatic carbocycles. The fourth-order valence-electron chi connectivity index (χ4n) is 3.75. The Labute approximate surface area is 122 Å². The molecule has 20 heavy (non-hydrogen) atoms. The number of rotatable bonds is 3. The van der Waals surface area contributed by atoms with E-state index in [1.165, 1.54) is 43.5 Å². The molecule has 1 heterocycles. The molecule has 0 unspecified atom stereocenters. The number of methoxy groups -OCH3 is 1. The molecule has 1 aliphatic heterocycles. The van der Waals surface area contributed by atoms with Crippen molar-refractivity contribution in [2.75, 3.05) is 33.9 Å². The van der Waals surface area contributed by atoms with Gasteiger partial charge in [-0.3, -0.25) is 0 Å². The smallest absolute Gasteiger partial charge is 0.0499 e. The third kappa shape index (κ3) is 2.55. The van der Waals surface area contributed by atoms with Gasteiger partial charge in [-0.15, -0.1) is 0 Å². The van der Waals surface area contributed by atoms with Crippen LogP contribution in [0.1, 0.15) is 30.4 Å². The number of hydrogen-bond acceptors (Lipinski definition) is 2. The monoisotopic (exact) mass is 271 g/mol. The minimum atomic E-state index is 0.388. The van der Waals surface area contributed by atoms with E-state index >= 15 is 0 Å². The number of hydrogen-bond donors (Lipinski definition) is 0. The lowest BCUT2D eigenvalue weighted by Gasteiger charge is -2.45. The Bertz CT molecular complexity index is 498. The summed E-state index contributed by atoms with van der Waals surface area (Å²) in [7, 11) is 4.04. The third-order valence-electron chi connectivity index (χ3n) is 5.11. The van der Waals surface area contributed by atoms with Crippen molar-refractivity contribution in [1.29, 1.82) is 0 Å². The van der Waals surface area contributed by atoms with Crippen LogP contribution in [0.2, 0.25) is 0 Å². The minimum absolute atomic E-state index is 0.388. The van der Waals surface area contributed by atoms with Gasteiger partial charge in [-0.25, -0.2) is 0 Å². The second-order valence-corrected chi connectivity index (χ2v) is 6.37. The zero-order chi connectivity index (χ0) is 14.0. The quantitative estimate of drug-likeness (QED) is 0.835. The van der Waals surface area contributed by atoms with Gasteiger partial charge < -0.3 is 9.64 Å². The van der Waals surface area contributed by atoms with Crippen molar-refractivity contribution in [2.45, 2.75) is 25.7 Å². The van der Waals surface area contributed by atoms with E-state index in [1.807, 2.05) is 0 Å². The predicted octanol–water partition coefficient (Wildman–Crippen LogP) is 3.37. The van der Waals surface area contributed by atoms with Gasteiger partial charge in [0.25, 0.3) is 0 Å². The largest absolute Gasteiger partial charge is 0.384 e. The van der Waals surface area contributed by atoms with Crippen molar-refractivity contribution >= 4 is 6.08 Å². The molecule has 0 saturated carbocycles. The van der Waals surface area contributed by atoms with Crippen LogP contribution >= 0.6 is 0 Å². The molecule has 0 N–H and O–H groups in total. The van der Waals surface area contributed by atoms with Crippen LogP contribution in [0.4, 0.5) is 0 Å². The van der Waals surface area contributed by atoms with Crippen molar-refractivity contribution < 1.29 is 4.74 Å². The van der Waals surface area contributed by atoms with E-state index < -0.39 is 0 Å². The van der Waals surface area contributed by atoms with Crippen LogP contribution in [0.3, 0.4) is 0 Å². The Balaban J connectivity index is 1.93. The van der Waals surface area contributed by atoms with E-state index in [-0.39, 0.29) is 0 Å². The van der Waals surface area contributed by atoms with Gasteiger partial charge in [0.1, 0.15) is 0 Å². The van der Waals surface area contributed by atoms with E-state index in [9.17, 15) is 0 Å². The fourth-order valence-corrected chi connectivity index (χ4v) is 3.75. The first kappa shape index (κ1) is 13.8. The number of fused-ring (bicyclic) bond motifs is 1. The van der Waals surface area contributed by atoms with Crippen LogP contribution in [0.25, 0.3) is 6.08 Å². The molecule has 3 rings (SSSR count). The second-order valence-electron chi connectivity index (χ2n) is 6.37. The van der Waals surface area contributed by atoms with E-state index in [0.29, 0.717) is 5.41 Å². The van der Waals surface area contributed by atoms with Crippen LogP contribution in [0.5, 0.6) is 0 Å². The summed E-state index contributed by atoms with van der Waals surface area (Å²) < 4.78 is 5.34. The van der Waals surface area contributed by atoms with Crippen molar-refractivity contribution in [3.63, 3.8) is 0 Å². The zero-order valence-corrected chi connectivity index (χ0v) is 12.7. The Morgan fingerprint density at radius 3 is 2.70 bits per heavy atom. The molecule has 1 saturated heterocycles. The maximum Gasteiger partial charge on any atom is 0.0499 e. The summed E-state index contributed by atoms with van der Waals surface area (Å²) in [6.45, 7) is 3.27. The molecule has 1 spiro atoms. The minimum Gasteiger partial charge on any atom is -0.384 e. The van der Waals surface area contributed by atoms with Gasteiger partial charge in [0.2, 0.25) is 0 Å². The highest BCUT2D eigenvalue weighted by Gasteiger charge is 2.39. The van der Waals surface area contributed by atoms with Crippen LogP contribution in [-0.4, -0.2) is 38.8 Å². The van der Waals surface area contributed by atoms with E-state index in [2.05, 4.69) is 42.3 Å². The van der Waals surface area contributed by atoms with Crippen molar-refractivity contribution in [3.8, 4) is 0 Å². The lowest BCUT2D eigenvalue weighted by Crippen LogP contribution is -2.41. The zero-order valence-electron chi connectivity index (χ0n) is 12.7. The number of likely N-dealkylation sites (tertiary alicyclic amines) is 1. The van der Waals surface area contributed by atoms with Gasteiger partial charge in [-0.2, -0.15) is 0 Å². The van der Waals surface area contributed by atoms with Gasteiger partial charge in [0, 0.05) is 13.7 Å². The summed E-state index contributed by atoms with van der Waals surface area (Å²) in [5, 5.41) is 0. The van der Waals surface area contributed by atoms with Gasteiger partial charge in [-0.1, -0.05) is 35.9 Å². The van der Waals surface area contributed by atoms with Crippen LogP contribution in [0, 0.1) is 5.41 Å². The molecular formula is C18H25NO. The highest BCUT2D eigenvalue weighted by Crippen LogP contribution is 2.47. The molecule has 108 valence electrons. The summed E-state index contributed by atoms with van der Waals surface area (Å²) in [5.74, 6) is 0. The van der Waals surface area contributed by atoms with Crippen LogP contribution < -0.4 is 0 Å². The third-order valence-corrected chi connectivity index (χ3v) is 5.11. The van der Waals surface area contributed by atoms with Gasteiger partial charge in [0.15, 0.2) is 0 Å². The van der Waals surface area contributed by atoms with E-state index in [4.69, 9.17) is 4.74 Å². The highest BCUT2D eigenvalue weighted by molar-refractivity contribution is 5.62. The molecule has 2 aliphatic rings. The van der Waals surface area contributed by atoms with Gasteiger partial charge >= 0.3 is 0 Å². The second kappa shape index (κ2) is 5.71. The molecule has 2 nitrogen and oxygen atoms in total. The van der Waals surface area contributed by atoms with Crippen molar-refractivity contribution in [1.82, 2.24) is 4.90 Å². The SMILES string of the molecule is COCCC1=Cc2ccccc2CC12CCN(C)CC2. The van der Waals surface area contributed by atoms with E-state index in [1.54, 1.807) is 12.7 Å². The molecule has 0 atom stereocenters. The molecular weight excluding hydrogens is 246 g/mol. The van der Waals surface area contributed by atoms with Gasteiger partial charge in [-0.05, 0) is 62.4 Å². The Kier molecular flexibility index (Phi) is 3.95. The van der Waals surface area contributed by atoms with Crippen molar-refractivity contribution in [3.05, 3.63) is 41.0 Å². The van der Waals surface area contributed by atoms with Gasteiger partial charge in [0.05, 0.1) is 0 Å². The number of piperidine rings is 1. The summed E-state index contributed by atoms with van der Waals surface area (Å²) >= 11 is 0. The highest BCUT2D eigenvalue weighted by atomic mass is 16.5. The van der Waals surface area contributed by atoms with Crippen LogP contribution in [0.15, 0.2) is 29.8 Å². The molecule has 2 heteroatoms.